The molecule has 0 fully saturated rings. The normalized spacial score (nSPS) is 11.9. The van der Waals surface area contributed by atoms with Crippen LogP contribution in [-0.4, -0.2) is 22.8 Å². The number of carboxylic acid groups (broad SMARTS) is 1. The van der Waals surface area contributed by atoms with E-state index in [0.717, 1.165) is 5.56 Å². The molecule has 0 aliphatic carbocycles. The fourth-order valence-electron chi connectivity index (χ4n) is 1.94. The Bertz CT molecular complexity index is 593. The Kier molecular flexibility index (Phi) is 4.38. The van der Waals surface area contributed by atoms with Crippen LogP contribution in [0.25, 0.3) is 0 Å². The highest BCUT2D eigenvalue weighted by Crippen LogP contribution is 2.23. The lowest BCUT2D eigenvalue weighted by molar-refractivity contribution is 0.0695. The average molecular weight is 272 g/mol. The molecule has 4 nitrogen and oxygen atoms in total. The van der Waals surface area contributed by atoms with Crippen molar-refractivity contribution < 1.29 is 19.7 Å². The highest BCUT2D eigenvalue weighted by atomic mass is 16.5. The number of carbonyl (C=O) groups is 1. The zero-order chi connectivity index (χ0) is 14.5. The van der Waals surface area contributed by atoms with Gasteiger partial charge in [0.2, 0.25) is 0 Å². The Morgan fingerprint density at radius 3 is 2.50 bits per heavy atom. The molecule has 1 unspecified atom stereocenters. The Morgan fingerprint density at radius 2 is 1.85 bits per heavy atom. The smallest absolute Gasteiger partial charge is 0.336 e. The molecule has 2 N–H and O–H groups in total. The van der Waals surface area contributed by atoms with Crippen molar-refractivity contribution in [1.82, 2.24) is 0 Å². The maximum Gasteiger partial charge on any atom is 0.336 e. The number of benzene rings is 2. The predicted molar refractivity (Wildman–Crippen MR) is 75.0 cm³/mol. The van der Waals surface area contributed by atoms with Gasteiger partial charge in [-0.2, -0.15) is 0 Å². The summed E-state index contributed by atoms with van der Waals surface area (Å²) in [5.74, 6) is -0.517. The van der Waals surface area contributed by atoms with E-state index in [9.17, 15) is 9.90 Å². The van der Waals surface area contributed by atoms with Crippen molar-refractivity contribution in [2.45, 2.75) is 13.0 Å². The van der Waals surface area contributed by atoms with Crippen molar-refractivity contribution in [1.29, 1.82) is 0 Å². The fraction of sp³-hybridized carbons (Fsp3) is 0.188. The monoisotopic (exact) mass is 272 g/mol. The first-order valence-corrected chi connectivity index (χ1v) is 6.28. The van der Waals surface area contributed by atoms with Crippen LogP contribution in [0.15, 0.2) is 48.5 Å². The molecular weight excluding hydrogens is 256 g/mol. The van der Waals surface area contributed by atoms with Gasteiger partial charge < -0.3 is 14.9 Å². The Morgan fingerprint density at radius 1 is 1.15 bits per heavy atom. The van der Waals surface area contributed by atoms with E-state index in [1.807, 2.05) is 30.3 Å². The highest BCUT2D eigenvalue weighted by Gasteiger charge is 2.13. The minimum absolute atomic E-state index is 0.0773. The van der Waals surface area contributed by atoms with E-state index in [1.165, 1.54) is 6.07 Å². The van der Waals surface area contributed by atoms with Crippen molar-refractivity contribution in [2.75, 3.05) is 6.61 Å². The van der Waals surface area contributed by atoms with Crippen LogP contribution >= 0.6 is 0 Å². The summed E-state index contributed by atoms with van der Waals surface area (Å²) >= 11 is 0. The van der Waals surface area contributed by atoms with E-state index in [2.05, 4.69) is 0 Å². The lowest BCUT2D eigenvalue weighted by Crippen LogP contribution is -2.11. The van der Waals surface area contributed by atoms with E-state index in [0.29, 0.717) is 11.3 Å². The van der Waals surface area contributed by atoms with Crippen molar-refractivity contribution in [2.24, 2.45) is 0 Å². The second-order valence-corrected chi connectivity index (χ2v) is 4.47. The third kappa shape index (κ3) is 3.16. The predicted octanol–water partition coefficient (Wildman–Crippen LogP) is 2.81. The largest absolute Gasteiger partial charge is 0.490 e. The summed E-state index contributed by atoms with van der Waals surface area (Å²) in [6.07, 6.45) is -0.746. The SMILES string of the molecule is Cc1c(OCC(O)c2ccccc2)cccc1C(=O)O. The highest BCUT2D eigenvalue weighted by molar-refractivity contribution is 5.90. The van der Waals surface area contributed by atoms with Gasteiger partial charge in [0, 0.05) is 5.56 Å². The number of hydrogen-bond acceptors (Lipinski definition) is 3. The number of aromatic carboxylic acids is 1. The van der Waals surface area contributed by atoms with Gasteiger partial charge in [-0.25, -0.2) is 4.79 Å². The Labute approximate surface area is 117 Å². The first-order chi connectivity index (χ1) is 9.59. The quantitative estimate of drug-likeness (QED) is 0.878. The molecule has 0 spiro atoms. The molecule has 0 aliphatic rings. The van der Waals surface area contributed by atoms with Crippen molar-refractivity contribution in [3.8, 4) is 5.75 Å². The van der Waals surface area contributed by atoms with E-state index in [1.54, 1.807) is 19.1 Å². The number of aliphatic hydroxyl groups excluding tert-OH is 1. The van der Waals surface area contributed by atoms with Crippen LogP contribution in [0.3, 0.4) is 0 Å². The molecule has 2 rings (SSSR count). The zero-order valence-corrected chi connectivity index (χ0v) is 11.1. The zero-order valence-electron chi connectivity index (χ0n) is 11.1. The van der Waals surface area contributed by atoms with Gasteiger partial charge in [0.25, 0.3) is 0 Å². The molecule has 0 aliphatic heterocycles. The maximum absolute atomic E-state index is 11.0. The molecule has 104 valence electrons. The van der Waals surface area contributed by atoms with Crippen molar-refractivity contribution >= 4 is 5.97 Å². The maximum atomic E-state index is 11.0. The molecular formula is C16H16O4. The first-order valence-electron chi connectivity index (χ1n) is 6.28. The molecule has 0 saturated carbocycles. The number of rotatable bonds is 5. The molecule has 0 radical (unpaired) electrons. The third-order valence-corrected chi connectivity index (χ3v) is 3.10. The second-order valence-electron chi connectivity index (χ2n) is 4.47. The first kappa shape index (κ1) is 14.1. The summed E-state index contributed by atoms with van der Waals surface area (Å²) in [6.45, 7) is 1.77. The van der Waals surface area contributed by atoms with Crippen molar-refractivity contribution in [3.05, 3.63) is 65.2 Å². The van der Waals surface area contributed by atoms with Gasteiger partial charge >= 0.3 is 5.97 Å². The van der Waals surface area contributed by atoms with Crippen LogP contribution in [0, 0.1) is 6.92 Å². The summed E-state index contributed by atoms with van der Waals surface area (Å²) < 4.78 is 5.53. The Hall–Kier alpha value is -2.33. The van der Waals surface area contributed by atoms with E-state index in [4.69, 9.17) is 9.84 Å². The molecule has 0 heterocycles. The lowest BCUT2D eigenvalue weighted by Gasteiger charge is -2.15. The topological polar surface area (TPSA) is 66.8 Å². The van der Waals surface area contributed by atoms with E-state index < -0.39 is 12.1 Å². The minimum Gasteiger partial charge on any atom is -0.490 e. The Balaban J connectivity index is 2.08. The third-order valence-electron chi connectivity index (χ3n) is 3.10. The van der Waals surface area contributed by atoms with Crippen LogP contribution < -0.4 is 4.74 Å². The summed E-state index contributed by atoms with van der Waals surface area (Å²) in [5.41, 5.74) is 1.52. The molecule has 0 amide bonds. The van der Waals surface area contributed by atoms with Gasteiger partial charge in [0.1, 0.15) is 18.5 Å². The fourth-order valence-corrected chi connectivity index (χ4v) is 1.94. The van der Waals surface area contributed by atoms with Crippen LogP contribution in [0.2, 0.25) is 0 Å². The summed E-state index contributed by atoms with van der Waals surface area (Å²) in [6, 6.07) is 14.0. The van der Waals surface area contributed by atoms with Crippen LogP contribution in [-0.2, 0) is 0 Å². The standard InChI is InChI=1S/C16H16O4/c1-11-13(16(18)19)8-5-9-15(11)20-10-14(17)12-6-3-2-4-7-12/h2-9,14,17H,10H2,1H3,(H,18,19). The summed E-state index contributed by atoms with van der Waals surface area (Å²) in [7, 11) is 0. The second kappa shape index (κ2) is 6.21. The van der Waals surface area contributed by atoms with Crippen LogP contribution in [0.1, 0.15) is 27.6 Å². The summed E-state index contributed by atoms with van der Waals surface area (Å²) in [4.78, 5) is 11.0. The van der Waals surface area contributed by atoms with E-state index in [-0.39, 0.29) is 12.2 Å². The molecule has 4 heteroatoms. The number of carboxylic acids is 1. The molecule has 20 heavy (non-hydrogen) atoms. The van der Waals surface area contributed by atoms with Gasteiger partial charge in [-0.1, -0.05) is 36.4 Å². The van der Waals surface area contributed by atoms with Gasteiger partial charge in [-0.05, 0) is 24.6 Å². The summed E-state index contributed by atoms with van der Waals surface area (Å²) in [5, 5.41) is 19.1. The van der Waals surface area contributed by atoms with Gasteiger partial charge in [0.05, 0.1) is 5.56 Å². The molecule has 0 aromatic heterocycles. The average Bonchev–Trinajstić information content (AvgIpc) is 2.46. The molecule has 0 bridgehead atoms. The van der Waals surface area contributed by atoms with Gasteiger partial charge in [-0.3, -0.25) is 0 Å². The van der Waals surface area contributed by atoms with Crippen LogP contribution in [0.4, 0.5) is 0 Å². The van der Waals surface area contributed by atoms with Crippen LogP contribution in [0.5, 0.6) is 5.75 Å². The molecule has 2 aromatic carbocycles. The number of hydrogen-bond donors (Lipinski definition) is 2. The minimum atomic E-state index is -0.989. The molecule has 1 atom stereocenters. The molecule has 2 aromatic rings. The van der Waals surface area contributed by atoms with E-state index >= 15 is 0 Å². The number of aliphatic hydroxyl groups is 1. The lowest BCUT2D eigenvalue weighted by atomic mass is 10.1. The van der Waals surface area contributed by atoms with Crippen molar-refractivity contribution in [3.63, 3.8) is 0 Å². The van der Waals surface area contributed by atoms with Gasteiger partial charge in [0.15, 0.2) is 0 Å². The molecule has 0 saturated heterocycles. The van der Waals surface area contributed by atoms with Gasteiger partial charge in [-0.15, -0.1) is 0 Å². The number of ether oxygens (including phenoxy) is 1.